The summed E-state index contributed by atoms with van der Waals surface area (Å²) < 4.78 is 0. The number of hydrogen-bond acceptors (Lipinski definition) is 3. The minimum atomic E-state index is -0.108. The molecule has 0 aromatic rings. The van der Waals surface area contributed by atoms with Gasteiger partial charge in [0.2, 0.25) is 5.91 Å². The van der Waals surface area contributed by atoms with Crippen LogP contribution in [0.3, 0.4) is 0 Å². The van der Waals surface area contributed by atoms with Crippen LogP contribution in [0, 0.1) is 5.92 Å². The van der Waals surface area contributed by atoms with Crippen molar-refractivity contribution in [2.24, 2.45) is 11.7 Å². The fraction of sp³-hybridized carbons (Fsp3) is 0.923. The lowest BCUT2D eigenvalue weighted by molar-refractivity contribution is -0.139. The smallest absolute Gasteiger partial charge is 0.240 e. The standard InChI is InChI=1S/C13H27N3O/c1-10-8-15(5)11(6-7-14)12(17)16(9-10)13(2,3)4/h10-11H,6-9,14H2,1-5H3. The van der Waals surface area contributed by atoms with E-state index >= 15 is 0 Å². The predicted molar refractivity (Wildman–Crippen MR) is 70.7 cm³/mol. The van der Waals surface area contributed by atoms with Crippen LogP contribution in [0.25, 0.3) is 0 Å². The van der Waals surface area contributed by atoms with Gasteiger partial charge in [0, 0.05) is 18.6 Å². The first kappa shape index (κ1) is 14.5. The highest BCUT2D eigenvalue weighted by atomic mass is 16.2. The minimum Gasteiger partial charge on any atom is -0.336 e. The van der Waals surface area contributed by atoms with Crippen molar-refractivity contribution in [3.05, 3.63) is 0 Å². The van der Waals surface area contributed by atoms with E-state index < -0.39 is 0 Å². The fourth-order valence-corrected chi connectivity index (χ4v) is 2.55. The van der Waals surface area contributed by atoms with E-state index in [1.807, 2.05) is 11.9 Å². The van der Waals surface area contributed by atoms with Gasteiger partial charge in [0.25, 0.3) is 0 Å². The van der Waals surface area contributed by atoms with Gasteiger partial charge in [-0.05, 0) is 46.7 Å². The third kappa shape index (κ3) is 3.42. The fourth-order valence-electron chi connectivity index (χ4n) is 2.55. The summed E-state index contributed by atoms with van der Waals surface area (Å²) in [7, 11) is 2.03. The maximum Gasteiger partial charge on any atom is 0.240 e. The van der Waals surface area contributed by atoms with Crippen LogP contribution in [-0.4, -0.2) is 54.0 Å². The molecule has 1 amide bonds. The second-order valence-corrected chi connectivity index (χ2v) is 6.26. The summed E-state index contributed by atoms with van der Waals surface area (Å²) >= 11 is 0. The maximum atomic E-state index is 12.6. The van der Waals surface area contributed by atoms with Crippen LogP contribution in [0.5, 0.6) is 0 Å². The van der Waals surface area contributed by atoms with Gasteiger partial charge >= 0.3 is 0 Å². The van der Waals surface area contributed by atoms with Gasteiger partial charge in [-0.1, -0.05) is 6.92 Å². The Morgan fingerprint density at radius 1 is 1.35 bits per heavy atom. The highest BCUT2D eigenvalue weighted by Crippen LogP contribution is 2.23. The largest absolute Gasteiger partial charge is 0.336 e. The Morgan fingerprint density at radius 2 is 1.94 bits per heavy atom. The van der Waals surface area contributed by atoms with E-state index in [-0.39, 0.29) is 17.5 Å². The molecule has 4 heteroatoms. The van der Waals surface area contributed by atoms with Crippen molar-refractivity contribution in [3.8, 4) is 0 Å². The van der Waals surface area contributed by atoms with E-state index in [0.29, 0.717) is 12.5 Å². The van der Waals surface area contributed by atoms with Crippen LogP contribution in [0.1, 0.15) is 34.1 Å². The lowest BCUT2D eigenvalue weighted by atomic mass is 10.0. The third-order valence-corrected chi connectivity index (χ3v) is 3.43. The molecule has 0 aromatic carbocycles. The summed E-state index contributed by atoms with van der Waals surface area (Å²) in [6, 6.07) is -0.0517. The monoisotopic (exact) mass is 241 g/mol. The Labute approximate surface area is 105 Å². The van der Waals surface area contributed by atoms with Crippen molar-refractivity contribution in [3.63, 3.8) is 0 Å². The van der Waals surface area contributed by atoms with Crippen LogP contribution >= 0.6 is 0 Å². The van der Waals surface area contributed by atoms with Gasteiger partial charge in [-0.3, -0.25) is 9.69 Å². The molecule has 2 unspecified atom stereocenters. The maximum absolute atomic E-state index is 12.6. The molecule has 0 spiro atoms. The number of amides is 1. The van der Waals surface area contributed by atoms with Crippen molar-refractivity contribution in [1.29, 1.82) is 0 Å². The van der Waals surface area contributed by atoms with Gasteiger partial charge in [-0.25, -0.2) is 0 Å². The van der Waals surface area contributed by atoms with E-state index in [0.717, 1.165) is 19.5 Å². The molecule has 0 aromatic heterocycles. The summed E-state index contributed by atoms with van der Waals surface area (Å²) in [5, 5.41) is 0. The quantitative estimate of drug-likeness (QED) is 0.782. The van der Waals surface area contributed by atoms with Crippen molar-refractivity contribution in [2.45, 2.75) is 45.7 Å². The molecule has 1 heterocycles. The topological polar surface area (TPSA) is 49.6 Å². The number of likely N-dealkylation sites (N-methyl/N-ethyl adjacent to an activating group) is 1. The van der Waals surface area contributed by atoms with Gasteiger partial charge in [0.05, 0.1) is 6.04 Å². The molecule has 0 radical (unpaired) electrons. The van der Waals surface area contributed by atoms with E-state index in [9.17, 15) is 4.79 Å². The zero-order valence-electron chi connectivity index (χ0n) is 11.9. The number of carbonyl (C=O) groups excluding carboxylic acids is 1. The van der Waals surface area contributed by atoms with Gasteiger partial charge in [0.15, 0.2) is 0 Å². The molecule has 4 nitrogen and oxygen atoms in total. The molecule has 0 aliphatic carbocycles. The van der Waals surface area contributed by atoms with Gasteiger partial charge < -0.3 is 10.6 Å². The van der Waals surface area contributed by atoms with Crippen molar-refractivity contribution in [2.75, 3.05) is 26.7 Å². The van der Waals surface area contributed by atoms with Crippen LogP contribution in [0.15, 0.2) is 0 Å². The molecular formula is C13H27N3O. The SMILES string of the molecule is CC1CN(C)C(CCN)C(=O)N(C(C)(C)C)C1. The molecule has 2 N–H and O–H groups in total. The summed E-state index contributed by atoms with van der Waals surface area (Å²) in [5.74, 6) is 0.737. The normalized spacial score (nSPS) is 28.4. The molecule has 1 aliphatic heterocycles. The first-order chi connectivity index (χ1) is 7.77. The first-order valence-electron chi connectivity index (χ1n) is 6.49. The molecule has 17 heavy (non-hydrogen) atoms. The Hall–Kier alpha value is -0.610. The van der Waals surface area contributed by atoms with Crippen molar-refractivity contribution >= 4 is 5.91 Å². The molecule has 1 saturated heterocycles. The predicted octanol–water partition coefficient (Wildman–Crippen LogP) is 0.912. The highest BCUT2D eigenvalue weighted by molar-refractivity contribution is 5.82. The molecule has 100 valence electrons. The zero-order chi connectivity index (χ0) is 13.2. The molecule has 0 saturated carbocycles. The lowest BCUT2D eigenvalue weighted by Crippen LogP contribution is -2.52. The molecule has 1 rings (SSSR count). The van der Waals surface area contributed by atoms with E-state index in [4.69, 9.17) is 5.73 Å². The van der Waals surface area contributed by atoms with Gasteiger partial charge in [-0.2, -0.15) is 0 Å². The van der Waals surface area contributed by atoms with Crippen LogP contribution in [0.4, 0.5) is 0 Å². The molecule has 1 fully saturated rings. The Bertz CT molecular complexity index is 272. The second-order valence-electron chi connectivity index (χ2n) is 6.26. The number of nitrogens with zero attached hydrogens (tertiary/aromatic N) is 2. The zero-order valence-corrected chi connectivity index (χ0v) is 11.9. The minimum absolute atomic E-state index is 0.0517. The second kappa shape index (κ2) is 5.36. The first-order valence-corrected chi connectivity index (χ1v) is 6.49. The average Bonchev–Trinajstić information content (AvgIpc) is 2.28. The van der Waals surface area contributed by atoms with E-state index in [2.05, 4.69) is 32.6 Å². The summed E-state index contributed by atoms with van der Waals surface area (Å²) in [6.45, 7) is 10.9. The van der Waals surface area contributed by atoms with E-state index in [1.165, 1.54) is 0 Å². The van der Waals surface area contributed by atoms with Gasteiger partial charge in [-0.15, -0.1) is 0 Å². The molecule has 1 aliphatic rings. The molecule has 2 atom stereocenters. The summed E-state index contributed by atoms with van der Waals surface area (Å²) in [6.07, 6.45) is 0.745. The number of rotatable bonds is 2. The highest BCUT2D eigenvalue weighted by Gasteiger charge is 2.37. The Morgan fingerprint density at radius 3 is 2.41 bits per heavy atom. The summed E-state index contributed by atoms with van der Waals surface area (Å²) in [5.41, 5.74) is 5.52. The van der Waals surface area contributed by atoms with Crippen LogP contribution in [-0.2, 0) is 4.79 Å². The molecular weight excluding hydrogens is 214 g/mol. The number of carbonyl (C=O) groups is 1. The van der Waals surface area contributed by atoms with Crippen LogP contribution < -0.4 is 5.73 Å². The average molecular weight is 241 g/mol. The summed E-state index contributed by atoms with van der Waals surface area (Å²) in [4.78, 5) is 16.7. The number of nitrogens with two attached hydrogens (primary N) is 1. The third-order valence-electron chi connectivity index (χ3n) is 3.43. The van der Waals surface area contributed by atoms with E-state index in [1.54, 1.807) is 0 Å². The Kier molecular flexibility index (Phi) is 4.55. The van der Waals surface area contributed by atoms with Gasteiger partial charge in [0.1, 0.15) is 0 Å². The molecule has 0 bridgehead atoms. The van der Waals surface area contributed by atoms with Crippen molar-refractivity contribution < 1.29 is 4.79 Å². The Balaban J connectivity index is 2.96. The lowest BCUT2D eigenvalue weighted by Gasteiger charge is -2.37. The van der Waals surface area contributed by atoms with Crippen LogP contribution in [0.2, 0.25) is 0 Å². The van der Waals surface area contributed by atoms with Crippen molar-refractivity contribution in [1.82, 2.24) is 9.80 Å². The number of hydrogen-bond donors (Lipinski definition) is 1.